The zero-order chi connectivity index (χ0) is 17.3. The van der Waals surface area contributed by atoms with Crippen LogP contribution in [0.3, 0.4) is 0 Å². The summed E-state index contributed by atoms with van der Waals surface area (Å²) >= 11 is 0. The average molecular weight is 341 g/mol. The van der Waals surface area contributed by atoms with Gasteiger partial charge < -0.3 is 4.90 Å². The van der Waals surface area contributed by atoms with E-state index in [0.717, 1.165) is 11.1 Å². The molecule has 2 aromatic rings. The zero-order valence-electron chi connectivity index (χ0n) is 13.6. The molecule has 0 fully saturated rings. The quantitative estimate of drug-likeness (QED) is 0.861. The standard InChI is InChI=1S/C19H19NO3S/c1-14-8-9-16(12-15(14)2)19(21)20(17-6-4-3-5-7-17)18-10-11-24(22,23)13-18/h3-12,18H,13H2,1-2H3/t18-/m1/s1. The molecular weight excluding hydrogens is 322 g/mol. The highest BCUT2D eigenvalue weighted by Crippen LogP contribution is 2.25. The van der Waals surface area contributed by atoms with Crippen LogP contribution in [-0.4, -0.2) is 26.1 Å². The highest BCUT2D eigenvalue weighted by molar-refractivity contribution is 7.94. The summed E-state index contributed by atoms with van der Waals surface area (Å²) in [5.74, 6) is -0.283. The summed E-state index contributed by atoms with van der Waals surface area (Å²) in [6, 6.07) is 14.2. The maximum absolute atomic E-state index is 13.1. The van der Waals surface area contributed by atoms with E-state index in [1.54, 1.807) is 17.0 Å². The maximum atomic E-state index is 13.1. The molecule has 0 aromatic heterocycles. The Morgan fingerprint density at radius 2 is 1.75 bits per heavy atom. The number of amides is 1. The number of sulfone groups is 1. The van der Waals surface area contributed by atoms with Gasteiger partial charge in [-0.15, -0.1) is 0 Å². The topological polar surface area (TPSA) is 54.5 Å². The molecule has 1 heterocycles. The minimum absolute atomic E-state index is 0.0848. The molecule has 0 saturated heterocycles. The Balaban J connectivity index is 2.03. The molecule has 0 saturated carbocycles. The number of hydrogen-bond acceptors (Lipinski definition) is 3. The molecule has 5 heteroatoms. The van der Waals surface area contributed by atoms with E-state index in [9.17, 15) is 13.2 Å². The summed E-state index contributed by atoms with van der Waals surface area (Å²) in [5.41, 5.74) is 3.39. The monoisotopic (exact) mass is 341 g/mol. The van der Waals surface area contributed by atoms with Gasteiger partial charge in [0, 0.05) is 16.7 Å². The lowest BCUT2D eigenvalue weighted by Crippen LogP contribution is -2.41. The van der Waals surface area contributed by atoms with E-state index in [4.69, 9.17) is 0 Å². The van der Waals surface area contributed by atoms with E-state index >= 15 is 0 Å². The number of benzene rings is 2. The second-order valence-corrected chi connectivity index (χ2v) is 7.97. The van der Waals surface area contributed by atoms with Crippen molar-refractivity contribution in [3.05, 3.63) is 76.7 Å². The fourth-order valence-electron chi connectivity index (χ4n) is 2.78. The van der Waals surface area contributed by atoms with Gasteiger partial charge in [0.15, 0.2) is 9.84 Å². The number of hydrogen-bond donors (Lipinski definition) is 0. The molecule has 1 atom stereocenters. The van der Waals surface area contributed by atoms with E-state index in [0.29, 0.717) is 11.3 Å². The summed E-state index contributed by atoms with van der Waals surface area (Å²) in [6.45, 7) is 3.95. The van der Waals surface area contributed by atoms with Crippen LogP contribution >= 0.6 is 0 Å². The van der Waals surface area contributed by atoms with Gasteiger partial charge in [-0.3, -0.25) is 4.79 Å². The van der Waals surface area contributed by atoms with Gasteiger partial charge in [-0.25, -0.2) is 8.42 Å². The predicted molar refractivity (Wildman–Crippen MR) is 95.9 cm³/mol. The highest BCUT2D eigenvalue weighted by atomic mass is 32.2. The minimum Gasteiger partial charge on any atom is -0.300 e. The molecular formula is C19H19NO3S. The van der Waals surface area contributed by atoms with Crippen molar-refractivity contribution >= 4 is 21.4 Å². The minimum atomic E-state index is -3.25. The van der Waals surface area contributed by atoms with Crippen LogP contribution in [0.15, 0.2) is 60.0 Å². The molecule has 0 radical (unpaired) electrons. The van der Waals surface area contributed by atoms with Crippen molar-refractivity contribution in [2.24, 2.45) is 0 Å². The summed E-state index contributed by atoms with van der Waals surface area (Å²) in [5, 5.41) is 1.20. The van der Waals surface area contributed by atoms with Gasteiger partial charge in [0.25, 0.3) is 5.91 Å². The van der Waals surface area contributed by atoms with Crippen LogP contribution in [0.5, 0.6) is 0 Å². The smallest absolute Gasteiger partial charge is 0.258 e. The molecule has 24 heavy (non-hydrogen) atoms. The van der Waals surface area contributed by atoms with Gasteiger partial charge in [0.05, 0.1) is 11.8 Å². The van der Waals surface area contributed by atoms with Crippen LogP contribution in [0.4, 0.5) is 5.69 Å². The number of carbonyl (C=O) groups is 1. The fraction of sp³-hybridized carbons (Fsp3) is 0.211. The normalized spacial score (nSPS) is 18.5. The molecule has 1 amide bonds. The van der Waals surface area contributed by atoms with Crippen LogP contribution in [0.25, 0.3) is 0 Å². The molecule has 0 spiro atoms. The summed E-state index contributed by atoms with van der Waals surface area (Å²) in [7, 11) is -3.25. The largest absolute Gasteiger partial charge is 0.300 e. The fourth-order valence-corrected chi connectivity index (χ4v) is 4.05. The Bertz CT molecular complexity index is 901. The summed E-state index contributed by atoms with van der Waals surface area (Å²) in [4.78, 5) is 14.7. The number of aryl methyl sites for hydroxylation is 2. The molecule has 1 aliphatic rings. The molecule has 2 aromatic carbocycles. The van der Waals surface area contributed by atoms with Gasteiger partial charge in [-0.05, 0) is 55.3 Å². The maximum Gasteiger partial charge on any atom is 0.258 e. The number of carbonyl (C=O) groups excluding carboxylic acids is 1. The number of rotatable bonds is 3. The van der Waals surface area contributed by atoms with Gasteiger partial charge in [0.2, 0.25) is 0 Å². The third kappa shape index (κ3) is 3.26. The summed E-state index contributed by atoms with van der Waals surface area (Å²) in [6.07, 6.45) is 1.58. The molecule has 3 rings (SSSR count). The van der Waals surface area contributed by atoms with Crippen LogP contribution < -0.4 is 4.90 Å². The second-order valence-electron chi connectivity index (χ2n) is 6.04. The van der Waals surface area contributed by atoms with Crippen molar-refractivity contribution < 1.29 is 13.2 Å². The summed E-state index contributed by atoms with van der Waals surface area (Å²) < 4.78 is 23.6. The Morgan fingerprint density at radius 1 is 1.04 bits per heavy atom. The lowest BCUT2D eigenvalue weighted by atomic mass is 10.0. The van der Waals surface area contributed by atoms with E-state index in [1.807, 2.05) is 56.3 Å². The van der Waals surface area contributed by atoms with Crippen molar-refractivity contribution in [1.82, 2.24) is 0 Å². The van der Waals surface area contributed by atoms with E-state index in [2.05, 4.69) is 0 Å². The van der Waals surface area contributed by atoms with Gasteiger partial charge in [0.1, 0.15) is 0 Å². The first kappa shape index (κ1) is 16.5. The number of para-hydroxylation sites is 1. The van der Waals surface area contributed by atoms with Crippen LogP contribution in [0.2, 0.25) is 0 Å². The van der Waals surface area contributed by atoms with Crippen LogP contribution in [0.1, 0.15) is 21.5 Å². The van der Waals surface area contributed by atoms with Crippen molar-refractivity contribution in [2.75, 3.05) is 10.7 Å². The first-order valence-electron chi connectivity index (χ1n) is 7.74. The number of anilines is 1. The lowest BCUT2D eigenvalue weighted by molar-refractivity contribution is 0.0983. The third-order valence-corrected chi connectivity index (χ3v) is 5.63. The Morgan fingerprint density at radius 3 is 2.33 bits per heavy atom. The van der Waals surface area contributed by atoms with Gasteiger partial charge in [-0.2, -0.15) is 0 Å². The predicted octanol–water partition coefficient (Wildman–Crippen LogP) is 3.26. The molecule has 0 N–H and O–H groups in total. The van der Waals surface area contributed by atoms with Crippen molar-refractivity contribution in [1.29, 1.82) is 0 Å². The Kier molecular flexibility index (Phi) is 4.28. The highest BCUT2D eigenvalue weighted by Gasteiger charge is 2.31. The van der Waals surface area contributed by atoms with Crippen molar-refractivity contribution in [3.8, 4) is 0 Å². The van der Waals surface area contributed by atoms with E-state index < -0.39 is 15.9 Å². The molecule has 4 nitrogen and oxygen atoms in total. The molecule has 124 valence electrons. The zero-order valence-corrected chi connectivity index (χ0v) is 14.5. The number of nitrogens with zero attached hydrogens (tertiary/aromatic N) is 1. The third-order valence-electron chi connectivity index (χ3n) is 4.25. The Hall–Kier alpha value is -2.40. The molecule has 0 bridgehead atoms. The average Bonchev–Trinajstić information content (AvgIpc) is 2.91. The molecule has 0 aliphatic carbocycles. The Labute approximate surface area is 142 Å². The second kappa shape index (κ2) is 6.24. The van der Waals surface area contributed by atoms with Crippen LogP contribution in [-0.2, 0) is 9.84 Å². The molecule has 1 aliphatic heterocycles. The first-order chi connectivity index (χ1) is 11.4. The SMILES string of the molecule is Cc1ccc(C(=O)N(c2ccccc2)[C@@H]2C=CS(=O)(=O)C2)cc1C. The van der Waals surface area contributed by atoms with E-state index in [-0.39, 0.29) is 11.7 Å². The van der Waals surface area contributed by atoms with Gasteiger partial charge >= 0.3 is 0 Å². The van der Waals surface area contributed by atoms with Crippen LogP contribution in [0, 0.1) is 13.8 Å². The van der Waals surface area contributed by atoms with E-state index in [1.165, 1.54) is 5.41 Å². The van der Waals surface area contributed by atoms with Crippen molar-refractivity contribution in [2.45, 2.75) is 19.9 Å². The van der Waals surface area contributed by atoms with Gasteiger partial charge in [-0.1, -0.05) is 24.3 Å². The molecule has 0 unspecified atom stereocenters. The first-order valence-corrected chi connectivity index (χ1v) is 9.46. The van der Waals surface area contributed by atoms with Crippen molar-refractivity contribution in [3.63, 3.8) is 0 Å². The lowest BCUT2D eigenvalue weighted by Gasteiger charge is -2.28.